The van der Waals surface area contributed by atoms with Crippen LogP contribution in [0.4, 0.5) is 0 Å². The summed E-state index contributed by atoms with van der Waals surface area (Å²) in [7, 11) is 0. The van der Waals surface area contributed by atoms with Gasteiger partial charge in [0.05, 0.1) is 6.54 Å². The molecule has 1 N–H and O–H groups in total. The fraction of sp³-hybridized carbons (Fsp3) is 0.615. The second-order valence-corrected chi connectivity index (χ2v) is 6.74. The lowest BCUT2D eigenvalue weighted by molar-refractivity contribution is 0.502. The summed E-state index contributed by atoms with van der Waals surface area (Å²) < 4.78 is 0. The van der Waals surface area contributed by atoms with Crippen molar-refractivity contribution in [3.05, 3.63) is 21.9 Å². The molecule has 0 aromatic carbocycles. The molecular formula is C13H20N2S2. The van der Waals surface area contributed by atoms with E-state index in [2.05, 4.69) is 41.8 Å². The van der Waals surface area contributed by atoms with Crippen molar-refractivity contribution in [2.24, 2.45) is 10.9 Å². The van der Waals surface area contributed by atoms with Crippen molar-refractivity contribution >= 4 is 28.3 Å². The van der Waals surface area contributed by atoms with E-state index in [1.807, 2.05) is 11.8 Å². The lowest BCUT2D eigenvalue weighted by Gasteiger charge is -2.11. The average Bonchev–Trinajstić information content (AvgIpc) is 2.84. The second-order valence-electron chi connectivity index (χ2n) is 4.98. The highest BCUT2D eigenvalue weighted by molar-refractivity contribution is 8.14. The number of nitrogens with one attached hydrogen (secondary N) is 1. The molecule has 2 nitrogen and oxygen atoms in total. The Morgan fingerprint density at radius 3 is 2.94 bits per heavy atom. The molecule has 0 spiro atoms. The Morgan fingerprint density at radius 2 is 2.29 bits per heavy atom. The van der Waals surface area contributed by atoms with Crippen molar-refractivity contribution in [1.82, 2.24) is 5.32 Å². The third kappa shape index (κ3) is 3.75. The van der Waals surface area contributed by atoms with Crippen LogP contribution in [-0.4, -0.2) is 17.0 Å². The van der Waals surface area contributed by atoms with Gasteiger partial charge >= 0.3 is 0 Å². The van der Waals surface area contributed by atoms with Crippen molar-refractivity contribution < 1.29 is 0 Å². The number of thioether (sulfide) groups is 1. The van der Waals surface area contributed by atoms with Crippen LogP contribution in [0.3, 0.4) is 0 Å². The van der Waals surface area contributed by atoms with Crippen LogP contribution < -0.4 is 5.32 Å². The summed E-state index contributed by atoms with van der Waals surface area (Å²) in [5, 5.41) is 9.03. The van der Waals surface area contributed by atoms with E-state index < -0.39 is 0 Å². The summed E-state index contributed by atoms with van der Waals surface area (Å²) in [6, 6.07) is 0.613. The lowest BCUT2D eigenvalue weighted by Crippen LogP contribution is -2.28. The zero-order valence-corrected chi connectivity index (χ0v) is 12.3. The number of amidine groups is 1. The minimum Gasteiger partial charge on any atom is -0.361 e. The predicted molar refractivity (Wildman–Crippen MR) is 79.0 cm³/mol. The van der Waals surface area contributed by atoms with Crippen LogP contribution in [0.25, 0.3) is 0 Å². The molecule has 0 amide bonds. The normalized spacial score (nSPS) is 22.4. The van der Waals surface area contributed by atoms with Gasteiger partial charge in [-0.1, -0.05) is 25.6 Å². The monoisotopic (exact) mass is 268 g/mol. The third-order valence-electron chi connectivity index (χ3n) is 2.86. The summed E-state index contributed by atoms with van der Waals surface area (Å²) in [5.41, 5.74) is 2.72. The van der Waals surface area contributed by atoms with Crippen LogP contribution in [0.1, 0.15) is 31.4 Å². The van der Waals surface area contributed by atoms with E-state index in [-0.39, 0.29) is 0 Å². The van der Waals surface area contributed by atoms with Gasteiger partial charge in [-0.05, 0) is 41.1 Å². The van der Waals surface area contributed by atoms with Crippen LogP contribution in [0, 0.1) is 12.8 Å². The Labute approximate surface area is 112 Å². The first kappa shape index (κ1) is 13.0. The van der Waals surface area contributed by atoms with E-state index >= 15 is 0 Å². The van der Waals surface area contributed by atoms with Gasteiger partial charge in [0, 0.05) is 11.8 Å². The van der Waals surface area contributed by atoms with Gasteiger partial charge in [0.25, 0.3) is 0 Å². The molecule has 1 atom stereocenters. The number of aliphatic imine (C=N–C) groups is 1. The summed E-state index contributed by atoms with van der Waals surface area (Å²) >= 11 is 3.62. The number of aryl methyl sites for hydroxylation is 1. The lowest BCUT2D eigenvalue weighted by atomic mass is 10.1. The predicted octanol–water partition coefficient (Wildman–Crippen LogP) is 3.66. The summed E-state index contributed by atoms with van der Waals surface area (Å²) in [5.74, 6) is 1.92. The fourth-order valence-corrected chi connectivity index (χ4v) is 3.76. The quantitative estimate of drug-likeness (QED) is 0.901. The maximum absolute atomic E-state index is 4.66. The van der Waals surface area contributed by atoms with Crippen molar-refractivity contribution in [3.8, 4) is 0 Å². The minimum absolute atomic E-state index is 0.613. The molecule has 1 aromatic heterocycles. The Bertz CT molecular complexity index is 396. The molecule has 4 heteroatoms. The Hall–Kier alpha value is -0.480. The largest absolute Gasteiger partial charge is 0.361 e. The summed E-state index contributed by atoms with van der Waals surface area (Å²) in [4.78, 5) is 4.66. The maximum Gasteiger partial charge on any atom is 0.157 e. The van der Waals surface area contributed by atoms with Crippen LogP contribution in [0.2, 0.25) is 0 Å². The summed E-state index contributed by atoms with van der Waals surface area (Å²) in [6.45, 7) is 7.52. The molecule has 1 unspecified atom stereocenters. The SMILES string of the molecule is Cc1cscc1CN=C1NC(CC(C)C)CS1. The van der Waals surface area contributed by atoms with Gasteiger partial charge in [-0.25, -0.2) is 0 Å². The van der Waals surface area contributed by atoms with Crippen LogP contribution >= 0.6 is 23.1 Å². The topological polar surface area (TPSA) is 24.4 Å². The van der Waals surface area contributed by atoms with Gasteiger partial charge in [0.2, 0.25) is 0 Å². The highest BCUT2D eigenvalue weighted by Crippen LogP contribution is 2.20. The fourth-order valence-electron chi connectivity index (χ4n) is 1.93. The van der Waals surface area contributed by atoms with Gasteiger partial charge in [-0.15, -0.1) is 0 Å². The molecule has 94 valence electrons. The number of hydrogen-bond donors (Lipinski definition) is 1. The van der Waals surface area contributed by atoms with E-state index in [4.69, 9.17) is 0 Å². The van der Waals surface area contributed by atoms with E-state index in [1.165, 1.54) is 23.3 Å². The summed E-state index contributed by atoms with van der Waals surface area (Å²) in [6.07, 6.45) is 1.24. The van der Waals surface area contributed by atoms with E-state index in [1.54, 1.807) is 11.3 Å². The highest BCUT2D eigenvalue weighted by atomic mass is 32.2. The van der Waals surface area contributed by atoms with Crippen LogP contribution in [0.5, 0.6) is 0 Å². The molecular weight excluding hydrogens is 248 g/mol. The first-order chi connectivity index (χ1) is 8.15. The molecule has 0 saturated carbocycles. The second kappa shape index (κ2) is 5.91. The standard InChI is InChI=1S/C13H20N2S2/c1-9(2)4-12-8-17-13(15-12)14-5-11-7-16-6-10(11)3/h6-7,9,12H,4-5,8H2,1-3H3,(H,14,15). The molecule has 0 aliphatic carbocycles. The third-order valence-corrected chi connectivity index (χ3v) is 4.86. The number of nitrogens with zero attached hydrogens (tertiary/aromatic N) is 1. The first-order valence-corrected chi connectivity index (χ1v) is 8.03. The van der Waals surface area contributed by atoms with Gasteiger partial charge < -0.3 is 5.32 Å². The Balaban J connectivity index is 1.86. The van der Waals surface area contributed by atoms with Crippen molar-refractivity contribution in [3.63, 3.8) is 0 Å². The molecule has 0 bridgehead atoms. The van der Waals surface area contributed by atoms with Crippen LogP contribution in [0.15, 0.2) is 15.8 Å². The first-order valence-electron chi connectivity index (χ1n) is 6.10. The Kier molecular flexibility index (Phi) is 4.51. The van der Waals surface area contributed by atoms with Crippen molar-refractivity contribution in [1.29, 1.82) is 0 Å². The number of hydrogen-bond acceptors (Lipinski definition) is 3. The highest BCUT2D eigenvalue weighted by Gasteiger charge is 2.20. The molecule has 1 fully saturated rings. The number of thiophene rings is 1. The molecule has 2 rings (SSSR count). The van der Waals surface area contributed by atoms with Crippen molar-refractivity contribution in [2.45, 2.75) is 39.8 Å². The van der Waals surface area contributed by atoms with Crippen molar-refractivity contribution in [2.75, 3.05) is 5.75 Å². The molecule has 1 saturated heterocycles. The van der Waals surface area contributed by atoms with Gasteiger partial charge in [-0.3, -0.25) is 4.99 Å². The Morgan fingerprint density at radius 1 is 1.47 bits per heavy atom. The molecule has 17 heavy (non-hydrogen) atoms. The molecule has 1 aliphatic heterocycles. The maximum atomic E-state index is 4.66. The zero-order chi connectivity index (χ0) is 12.3. The van der Waals surface area contributed by atoms with E-state index in [0.29, 0.717) is 6.04 Å². The molecule has 0 radical (unpaired) electrons. The van der Waals surface area contributed by atoms with Gasteiger partial charge in [-0.2, -0.15) is 11.3 Å². The molecule has 1 aliphatic rings. The van der Waals surface area contributed by atoms with E-state index in [0.717, 1.165) is 17.6 Å². The number of rotatable bonds is 4. The average molecular weight is 268 g/mol. The van der Waals surface area contributed by atoms with Gasteiger partial charge in [0.1, 0.15) is 0 Å². The smallest absolute Gasteiger partial charge is 0.157 e. The van der Waals surface area contributed by atoms with Crippen LogP contribution in [-0.2, 0) is 6.54 Å². The zero-order valence-electron chi connectivity index (χ0n) is 10.7. The van der Waals surface area contributed by atoms with E-state index in [9.17, 15) is 0 Å². The molecule has 2 heterocycles. The molecule has 1 aromatic rings. The van der Waals surface area contributed by atoms with Gasteiger partial charge in [0.15, 0.2) is 5.17 Å². The minimum atomic E-state index is 0.613.